The van der Waals surface area contributed by atoms with Crippen molar-refractivity contribution in [2.24, 2.45) is 0 Å². The van der Waals surface area contributed by atoms with Gasteiger partial charge < -0.3 is 0 Å². The average molecular weight is 308 g/mol. The van der Waals surface area contributed by atoms with Crippen LogP contribution in [-0.2, 0) is 4.79 Å². The van der Waals surface area contributed by atoms with Crippen molar-refractivity contribution >= 4 is 34.9 Å². The van der Waals surface area contributed by atoms with Crippen LogP contribution < -0.4 is 10.9 Å². The van der Waals surface area contributed by atoms with Gasteiger partial charge in [-0.3, -0.25) is 20.4 Å². The van der Waals surface area contributed by atoms with Crippen LogP contribution in [0.5, 0.6) is 0 Å². The molecule has 0 radical (unpaired) electrons. The number of nitrogens with one attached hydrogen (secondary N) is 2. The Hall–Kier alpha value is -1.93. The number of aromatic nitrogens is 2. The topological polar surface area (TPSA) is 84.0 Å². The number of amides is 2. The van der Waals surface area contributed by atoms with Gasteiger partial charge in [-0.2, -0.15) is 0 Å². The van der Waals surface area contributed by atoms with Crippen molar-refractivity contribution in [3.63, 3.8) is 0 Å². The normalized spacial score (nSPS) is 11.7. The monoisotopic (exact) mass is 308 g/mol. The van der Waals surface area contributed by atoms with E-state index in [1.807, 2.05) is 6.07 Å². The quantitative estimate of drug-likeness (QED) is 0.660. The molecule has 0 aliphatic heterocycles. The Balaban J connectivity index is 1.81. The van der Waals surface area contributed by atoms with Crippen molar-refractivity contribution in [1.29, 1.82) is 0 Å². The lowest BCUT2D eigenvalue weighted by molar-refractivity contribution is -0.121. The molecule has 0 fully saturated rings. The predicted octanol–water partition coefficient (Wildman–Crippen LogP) is 1.48. The summed E-state index contributed by atoms with van der Waals surface area (Å²) < 4.78 is 0.710. The Morgan fingerprint density at radius 3 is 2.65 bits per heavy atom. The highest BCUT2D eigenvalue weighted by Gasteiger charge is 2.16. The van der Waals surface area contributed by atoms with Gasteiger partial charge in [-0.05, 0) is 19.1 Å². The van der Waals surface area contributed by atoms with Crippen molar-refractivity contribution in [3.8, 4) is 0 Å². The van der Waals surface area contributed by atoms with Crippen LogP contribution in [0.25, 0.3) is 0 Å². The summed E-state index contributed by atoms with van der Waals surface area (Å²) >= 11 is 2.65. The zero-order chi connectivity index (χ0) is 14.4. The molecule has 2 N–H and O–H groups in total. The maximum Gasteiger partial charge on any atom is 0.269 e. The van der Waals surface area contributed by atoms with E-state index in [1.165, 1.54) is 23.1 Å². The predicted molar refractivity (Wildman–Crippen MR) is 77.3 cm³/mol. The maximum atomic E-state index is 11.8. The maximum absolute atomic E-state index is 11.8. The van der Waals surface area contributed by atoms with Crippen LogP contribution in [0, 0.1) is 0 Å². The molecular weight excluding hydrogens is 296 g/mol. The zero-order valence-electron chi connectivity index (χ0n) is 10.6. The minimum Gasteiger partial charge on any atom is -0.272 e. The molecule has 0 spiro atoms. The summed E-state index contributed by atoms with van der Waals surface area (Å²) in [5.74, 6) is -0.651. The van der Waals surface area contributed by atoms with Crippen LogP contribution in [0.15, 0.2) is 40.2 Å². The molecule has 0 unspecified atom stereocenters. The number of hydrogen-bond acceptors (Lipinski definition) is 6. The second-order valence-electron chi connectivity index (χ2n) is 3.77. The number of rotatable bonds is 4. The third-order valence-electron chi connectivity index (χ3n) is 2.32. The van der Waals surface area contributed by atoms with Crippen LogP contribution in [0.3, 0.4) is 0 Å². The Bertz CT molecular complexity index is 574. The van der Waals surface area contributed by atoms with Gasteiger partial charge in [0, 0.05) is 5.56 Å². The fraction of sp³-hybridized carbons (Fsp3) is 0.167. The molecule has 8 heteroatoms. The number of thioether (sulfide) groups is 1. The molecule has 0 saturated carbocycles. The van der Waals surface area contributed by atoms with Gasteiger partial charge in [-0.25, -0.2) is 0 Å². The fourth-order valence-electron chi connectivity index (χ4n) is 1.30. The molecule has 1 heterocycles. The first-order valence-corrected chi connectivity index (χ1v) is 7.51. The summed E-state index contributed by atoms with van der Waals surface area (Å²) in [5.41, 5.74) is 6.85. The highest BCUT2D eigenvalue weighted by Crippen LogP contribution is 2.23. The van der Waals surface area contributed by atoms with Gasteiger partial charge in [0.1, 0.15) is 5.51 Å². The zero-order valence-corrected chi connectivity index (χ0v) is 12.2. The highest BCUT2D eigenvalue weighted by molar-refractivity contribution is 8.02. The number of hydrazine groups is 1. The molecule has 2 amide bonds. The number of carbonyl (C=O) groups is 2. The summed E-state index contributed by atoms with van der Waals surface area (Å²) in [5, 5.41) is 7.16. The van der Waals surface area contributed by atoms with Gasteiger partial charge in [0.15, 0.2) is 4.34 Å². The number of hydrogen-bond donors (Lipinski definition) is 2. The first kappa shape index (κ1) is 14.5. The molecule has 1 aromatic carbocycles. The van der Waals surface area contributed by atoms with Gasteiger partial charge in [0.2, 0.25) is 0 Å². The van der Waals surface area contributed by atoms with Crippen molar-refractivity contribution in [1.82, 2.24) is 21.0 Å². The Morgan fingerprint density at radius 2 is 2.00 bits per heavy atom. The van der Waals surface area contributed by atoms with E-state index in [9.17, 15) is 9.59 Å². The first-order chi connectivity index (χ1) is 9.66. The van der Waals surface area contributed by atoms with E-state index in [0.29, 0.717) is 9.90 Å². The molecule has 1 aromatic heterocycles. The minimum absolute atomic E-state index is 0.297. The SMILES string of the molecule is C[C@H](Sc1nncs1)C(=O)NNC(=O)c1ccccc1. The number of benzene rings is 1. The van der Waals surface area contributed by atoms with E-state index in [0.717, 1.165) is 0 Å². The molecule has 0 bridgehead atoms. The summed E-state index contributed by atoms with van der Waals surface area (Å²) in [7, 11) is 0. The first-order valence-electron chi connectivity index (χ1n) is 5.75. The molecule has 0 saturated heterocycles. The van der Waals surface area contributed by atoms with Crippen molar-refractivity contribution < 1.29 is 9.59 Å². The Morgan fingerprint density at radius 1 is 1.25 bits per heavy atom. The molecule has 2 aromatic rings. The van der Waals surface area contributed by atoms with E-state index >= 15 is 0 Å². The summed E-state index contributed by atoms with van der Waals surface area (Å²) in [4.78, 5) is 23.6. The van der Waals surface area contributed by atoms with Crippen LogP contribution in [0.1, 0.15) is 17.3 Å². The average Bonchev–Trinajstić information content (AvgIpc) is 2.98. The van der Waals surface area contributed by atoms with Crippen molar-refractivity contribution in [2.75, 3.05) is 0 Å². The second-order valence-corrected chi connectivity index (χ2v) is 6.20. The second kappa shape index (κ2) is 7.01. The molecule has 1 atom stereocenters. The smallest absolute Gasteiger partial charge is 0.269 e. The standard InChI is InChI=1S/C12H12N4O2S2/c1-8(20-12-16-13-7-19-12)10(17)14-15-11(18)9-5-3-2-4-6-9/h2-8H,1H3,(H,14,17)(H,15,18)/t8-/m0/s1. The van der Waals surface area contributed by atoms with E-state index in [2.05, 4.69) is 21.0 Å². The van der Waals surface area contributed by atoms with Gasteiger partial charge in [0.25, 0.3) is 11.8 Å². The third kappa shape index (κ3) is 4.04. The van der Waals surface area contributed by atoms with Gasteiger partial charge in [-0.1, -0.05) is 41.3 Å². The van der Waals surface area contributed by atoms with Crippen LogP contribution in [-0.4, -0.2) is 27.3 Å². The van der Waals surface area contributed by atoms with Crippen LogP contribution in [0.4, 0.5) is 0 Å². The highest BCUT2D eigenvalue weighted by atomic mass is 32.2. The van der Waals surface area contributed by atoms with Crippen molar-refractivity contribution in [2.45, 2.75) is 16.5 Å². The lowest BCUT2D eigenvalue weighted by Gasteiger charge is -2.11. The third-order valence-corrected chi connectivity index (χ3v) is 4.23. The van der Waals surface area contributed by atoms with Crippen LogP contribution in [0.2, 0.25) is 0 Å². The Kier molecular flexibility index (Phi) is 5.08. The molecule has 20 heavy (non-hydrogen) atoms. The lowest BCUT2D eigenvalue weighted by Crippen LogP contribution is -2.44. The molecule has 0 aliphatic carbocycles. The molecular formula is C12H12N4O2S2. The van der Waals surface area contributed by atoms with Crippen molar-refractivity contribution in [3.05, 3.63) is 41.4 Å². The van der Waals surface area contributed by atoms with E-state index in [1.54, 1.807) is 36.7 Å². The number of carbonyl (C=O) groups excluding carboxylic acids is 2. The molecule has 104 valence electrons. The molecule has 6 nitrogen and oxygen atoms in total. The van der Waals surface area contributed by atoms with Gasteiger partial charge in [-0.15, -0.1) is 10.2 Å². The van der Waals surface area contributed by atoms with Crippen LogP contribution >= 0.6 is 23.1 Å². The van der Waals surface area contributed by atoms with Gasteiger partial charge in [0.05, 0.1) is 5.25 Å². The molecule has 2 rings (SSSR count). The summed E-state index contributed by atoms with van der Waals surface area (Å²) in [6.07, 6.45) is 0. The van der Waals surface area contributed by atoms with E-state index < -0.39 is 0 Å². The number of nitrogens with zero attached hydrogens (tertiary/aromatic N) is 2. The molecule has 0 aliphatic rings. The van der Waals surface area contributed by atoms with E-state index in [4.69, 9.17) is 0 Å². The largest absolute Gasteiger partial charge is 0.272 e. The van der Waals surface area contributed by atoms with E-state index in [-0.39, 0.29) is 17.1 Å². The minimum atomic E-state index is -0.376. The van der Waals surface area contributed by atoms with Gasteiger partial charge >= 0.3 is 0 Å². The summed E-state index contributed by atoms with van der Waals surface area (Å²) in [6.45, 7) is 1.73. The lowest BCUT2D eigenvalue weighted by atomic mass is 10.2. The fourth-order valence-corrected chi connectivity index (χ4v) is 2.93. The Labute approximate surface area is 124 Å². The summed E-state index contributed by atoms with van der Waals surface area (Å²) in [6, 6.07) is 8.66.